The number of rotatable bonds is 2. The third-order valence-corrected chi connectivity index (χ3v) is 3.99. The zero-order chi connectivity index (χ0) is 15.7. The normalized spacial score (nSPS) is 16.2. The van der Waals surface area contributed by atoms with E-state index in [0.717, 1.165) is 29.0 Å². The van der Waals surface area contributed by atoms with E-state index in [2.05, 4.69) is 39.0 Å². The Morgan fingerprint density at radius 1 is 1.23 bits per heavy atom. The molecule has 22 heavy (non-hydrogen) atoms. The highest BCUT2D eigenvalue weighted by Crippen LogP contribution is 2.38. The molecule has 0 saturated carbocycles. The minimum absolute atomic E-state index is 0.108. The van der Waals surface area contributed by atoms with Crippen LogP contribution in [0.4, 0.5) is 0 Å². The summed E-state index contributed by atoms with van der Waals surface area (Å²) >= 11 is 0. The highest BCUT2D eigenvalue weighted by Gasteiger charge is 2.28. The second-order valence-electron chi connectivity index (χ2n) is 6.45. The second kappa shape index (κ2) is 5.48. The number of ether oxygens (including phenoxy) is 1. The lowest BCUT2D eigenvalue weighted by atomic mass is 9.88. The third-order valence-electron chi connectivity index (χ3n) is 3.99. The van der Waals surface area contributed by atoms with Crippen LogP contribution in [0, 0.1) is 5.41 Å². The predicted octanol–water partition coefficient (Wildman–Crippen LogP) is 3.62. The van der Waals surface area contributed by atoms with Crippen LogP contribution < -0.4 is 9.47 Å². The minimum atomic E-state index is -0.108. The molecular formula is C19H22NO2+. The van der Waals surface area contributed by atoms with Crippen LogP contribution in [0.15, 0.2) is 48.7 Å². The van der Waals surface area contributed by atoms with Gasteiger partial charge in [-0.3, -0.25) is 5.21 Å². The molecular weight excluding hydrogens is 274 g/mol. The largest absolute Gasteiger partial charge is 0.492 e. The summed E-state index contributed by atoms with van der Waals surface area (Å²) < 4.78 is 7.19. The van der Waals surface area contributed by atoms with Gasteiger partial charge in [0.15, 0.2) is 0 Å². The first-order valence-electron chi connectivity index (χ1n) is 7.69. The van der Waals surface area contributed by atoms with E-state index in [9.17, 15) is 5.21 Å². The van der Waals surface area contributed by atoms with Crippen LogP contribution in [0.5, 0.6) is 5.75 Å². The maximum absolute atomic E-state index is 10.2. The van der Waals surface area contributed by atoms with E-state index in [-0.39, 0.29) is 5.41 Å². The van der Waals surface area contributed by atoms with Gasteiger partial charge in [0.25, 0.3) is 5.69 Å². The molecule has 2 aromatic rings. The lowest BCUT2D eigenvalue weighted by Crippen LogP contribution is -2.34. The van der Waals surface area contributed by atoms with Crippen molar-refractivity contribution in [1.82, 2.24) is 0 Å². The monoisotopic (exact) mass is 296 g/mol. The minimum Gasteiger partial charge on any atom is -0.492 e. The molecule has 3 heteroatoms. The molecule has 0 spiro atoms. The molecule has 114 valence electrons. The average molecular weight is 296 g/mol. The van der Waals surface area contributed by atoms with Gasteiger partial charge in [0.2, 0.25) is 6.20 Å². The van der Waals surface area contributed by atoms with E-state index in [4.69, 9.17) is 4.74 Å². The van der Waals surface area contributed by atoms with Crippen LogP contribution in [-0.4, -0.2) is 11.8 Å². The zero-order valence-corrected chi connectivity index (χ0v) is 13.3. The van der Waals surface area contributed by atoms with Gasteiger partial charge in [-0.05, 0) is 30.2 Å². The summed E-state index contributed by atoms with van der Waals surface area (Å²) in [6, 6.07) is 12.0. The van der Waals surface area contributed by atoms with E-state index in [1.54, 1.807) is 6.20 Å². The van der Waals surface area contributed by atoms with Gasteiger partial charge in [-0.25, -0.2) is 0 Å². The van der Waals surface area contributed by atoms with Crippen LogP contribution in [0.2, 0.25) is 0 Å². The third kappa shape index (κ3) is 2.71. The van der Waals surface area contributed by atoms with Crippen LogP contribution in [0.25, 0.3) is 5.57 Å². The highest BCUT2D eigenvalue weighted by atomic mass is 16.5. The van der Waals surface area contributed by atoms with Gasteiger partial charge in [-0.1, -0.05) is 32.9 Å². The molecule has 1 aliphatic rings. The van der Waals surface area contributed by atoms with Crippen molar-refractivity contribution >= 4 is 5.57 Å². The summed E-state index contributed by atoms with van der Waals surface area (Å²) in [6.07, 6.45) is 4.82. The Morgan fingerprint density at radius 2 is 2.05 bits per heavy atom. The topological polar surface area (TPSA) is 33.3 Å². The number of hydrogen-bond acceptors (Lipinski definition) is 2. The highest BCUT2D eigenvalue weighted by molar-refractivity contribution is 5.81. The molecule has 1 aromatic carbocycles. The number of benzene rings is 1. The van der Waals surface area contributed by atoms with Crippen LogP contribution in [0.1, 0.15) is 37.6 Å². The maximum atomic E-state index is 10.2. The number of pyridine rings is 1. The smallest absolute Gasteiger partial charge is 0.264 e. The van der Waals surface area contributed by atoms with Gasteiger partial charge in [0.05, 0.1) is 12.2 Å². The Hall–Kier alpha value is -2.29. The van der Waals surface area contributed by atoms with Crippen molar-refractivity contribution in [2.45, 2.75) is 27.2 Å². The molecule has 0 fully saturated rings. The van der Waals surface area contributed by atoms with Gasteiger partial charge in [-0.2, -0.15) is 0 Å². The number of aryl methyl sites for hydroxylation is 1. The van der Waals surface area contributed by atoms with Gasteiger partial charge < -0.3 is 4.74 Å². The Balaban J connectivity index is 2.25. The lowest BCUT2D eigenvalue weighted by Gasteiger charge is -2.18. The Bertz CT molecular complexity index is 732. The molecule has 1 N–H and O–H groups in total. The average Bonchev–Trinajstić information content (AvgIpc) is 2.64. The Kier molecular flexibility index (Phi) is 3.65. The first-order valence-corrected chi connectivity index (χ1v) is 7.69. The van der Waals surface area contributed by atoms with Crippen molar-refractivity contribution in [2.75, 3.05) is 6.61 Å². The fourth-order valence-corrected chi connectivity index (χ4v) is 2.77. The van der Waals surface area contributed by atoms with E-state index >= 15 is 0 Å². The Labute approximate surface area is 131 Å². The van der Waals surface area contributed by atoms with Gasteiger partial charge in [0.1, 0.15) is 5.75 Å². The predicted molar refractivity (Wildman–Crippen MR) is 86.0 cm³/mol. The van der Waals surface area contributed by atoms with Crippen molar-refractivity contribution in [3.05, 3.63) is 65.5 Å². The van der Waals surface area contributed by atoms with Gasteiger partial charge in [0, 0.05) is 27.8 Å². The molecule has 2 heterocycles. The number of hydrogen-bond donors (Lipinski definition) is 1. The summed E-state index contributed by atoms with van der Waals surface area (Å²) in [4.78, 5) is 0. The van der Waals surface area contributed by atoms with E-state index in [1.807, 2.05) is 24.3 Å². The van der Waals surface area contributed by atoms with E-state index in [0.29, 0.717) is 6.61 Å². The Morgan fingerprint density at radius 3 is 2.77 bits per heavy atom. The fourth-order valence-electron chi connectivity index (χ4n) is 2.77. The quantitative estimate of drug-likeness (QED) is 0.678. The van der Waals surface area contributed by atoms with E-state index < -0.39 is 0 Å². The molecule has 1 aromatic heterocycles. The van der Waals surface area contributed by atoms with Crippen LogP contribution in [0.3, 0.4) is 0 Å². The summed E-state index contributed by atoms with van der Waals surface area (Å²) in [6.45, 7) is 7.04. The molecule has 0 atom stereocenters. The summed E-state index contributed by atoms with van der Waals surface area (Å²) in [5, 5.41) is 10.2. The molecule has 1 aliphatic heterocycles. The molecule has 0 aliphatic carbocycles. The van der Waals surface area contributed by atoms with Crippen LogP contribution >= 0.6 is 0 Å². The molecule has 0 amide bonds. The van der Waals surface area contributed by atoms with E-state index in [1.165, 1.54) is 10.3 Å². The summed E-state index contributed by atoms with van der Waals surface area (Å²) in [5.41, 5.74) is 3.97. The lowest BCUT2D eigenvalue weighted by molar-refractivity contribution is -0.906. The molecule has 0 unspecified atom stereocenters. The first-order chi connectivity index (χ1) is 10.5. The fraction of sp³-hybridized carbons (Fsp3) is 0.316. The molecule has 0 bridgehead atoms. The molecule has 3 nitrogen and oxygen atoms in total. The second-order valence-corrected chi connectivity index (χ2v) is 6.45. The van der Waals surface area contributed by atoms with Crippen molar-refractivity contribution in [3.63, 3.8) is 0 Å². The van der Waals surface area contributed by atoms with Crippen molar-refractivity contribution in [2.24, 2.45) is 5.41 Å². The summed E-state index contributed by atoms with van der Waals surface area (Å²) in [7, 11) is 0. The molecule has 3 rings (SSSR count). The summed E-state index contributed by atoms with van der Waals surface area (Å²) in [5.74, 6) is 0.873. The number of fused-ring (bicyclic) bond motifs is 1. The SMILES string of the molecule is CCc1ccc2c(c1)C(c1cccc[n+]1O)=CC(C)(C)CO2. The van der Waals surface area contributed by atoms with Crippen molar-refractivity contribution < 1.29 is 14.7 Å². The zero-order valence-electron chi connectivity index (χ0n) is 13.3. The van der Waals surface area contributed by atoms with Crippen molar-refractivity contribution in [3.8, 4) is 5.75 Å². The molecule has 0 radical (unpaired) electrons. The van der Waals surface area contributed by atoms with Crippen LogP contribution in [-0.2, 0) is 6.42 Å². The van der Waals surface area contributed by atoms with Gasteiger partial charge >= 0.3 is 0 Å². The molecule has 0 saturated heterocycles. The standard InChI is InChI=1S/C19H22NO2/c1-4-14-8-9-18-15(11-14)16(12-19(2,3)13-22-18)17-7-5-6-10-20(17)21/h5-12,21H,4,13H2,1-3H3/q+1. The number of aromatic nitrogens is 1. The van der Waals surface area contributed by atoms with Crippen molar-refractivity contribution in [1.29, 1.82) is 0 Å². The van der Waals surface area contributed by atoms with Gasteiger partial charge in [-0.15, -0.1) is 0 Å². The maximum Gasteiger partial charge on any atom is 0.264 e. The first kappa shape index (κ1) is 14.6. The number of nitrogens with zero attached hydrogens (tertiary/aromatic N) is 1.